The Hall–Kier alpha value is -0.640. The molecule has 17 heavy (non-hydrogen) atoms. The van der Waals surface area contributed by atoms with Crippen molar-refractivity contribution in [2.45, 2.75) is 40.0 Å². The highest BCUT2D eigenvalue weighted by atomic mass is 79.9. The molecule has 1 heterocycles. The van der Waals surface area contributed by atoms with Crippen LogP contribution in [0, 0.1) is 11.3 Å². The van der Waals surface area contributed by atoms with Gasteiger partial charge in [0.2, 0.25) is 0 Å². The fourth-order valence-electron chi connectivity index (χ4n) is 1.94. The summed E-state index contributed by atoms with van der Waals surface area (Å²) in [7, 11) is 0. The number of hydrogen-bond donors (Lipinski definition) is 1. The van der Waals surface area contributed by atoms with Gasteiger partial charge in [-0.3, -0.25) is 0 Å². The van der Waals surface area contributed by atoms with Gasteiger partial charge in [-0.2, -0.15) is 0 Å². The lowest BCUT2D eigenvalue weighted by Crippen LogP contribution is -2.10. The topological polar surface area (TPSA) is 37.8 Å². The molecule has 1 aromatic heterocycles. The van der Waals surface area contributed by atoms with Gasteiger partial charge >= 0.3 is 0 Å². The van der Waals surface area contributed by atoms with Crippen molar-refractivity contribution in [1.82, 2.24) is 9.97 Å². The van der Waals surface area contributed by atoms with Crippen molar-refractivity contribution in [2.75, 3.05) is 11.9 Å². The van der Waals surface area contributed by atoms with Gasteiger partial charge in [-0.25, -0.2) is 9.97 Å². The lowest BCUT2D eigenvalue weighted by molar-refractivity contribution is 0.572. The van der Waals surface area contributed by atoms with Crippen LogP contribution in [-0.4, -0.2) is 16.5 Å². The standard InChI is InChI=1S/C13H20BrN3/c1-8(2)12-16-10(14)5-11(17-12)15-7-9-6-13(9,3)4/h5,8-9H,6-7H2,1-4H3,(H,15,16,17). The quantitative estimate of drug-likeness (QED) is 0.859. The molecular weight excluding hydrogens is 278 g/mol. The molecule has 2 rings (SSSR count). The van der Waals surface area contributed by atoms with Crippen LogP contribution < -0.4 is 5.32 Å². The van der Waals surface area contributed by atoms with Crippen molar-refractivity contribution in [3.8, 4) is 0 Å². The van der Waals surface area contributed by atoms with Crippen molar-refractivity contribution in [2.24, 2.45) is 11.3 Å². The SMILES string of the molecule is CC(C)c1nc(Br)cc(NCC2CC2(C)C)n1. The van der Waals surface area contributed by atoms with E-state index in [0.29, 0.717) is 11.3 Å². The van der Waals surface area contributed by atoms with Crippen LogP contribution in [-0.2, 0) is 0 Å². The summed E-state index contributed by atoms with van der Waals surface area (Å²) in [4.78, 5) is 8.90. The predicted octanol–water partition coefficient (Wildman–Crippen LogP) is 3.82. The van der Waals surface area contributed by atoms with Crippen LogP contribution in [0.2, 0.25) is 0 Å². The first-order valence-corrected chi connectivity index (χ1v) is 6.96. The first-order valence-electron chi connectivity index (χ1n) is 6.17. The Morgan fingerprint density at radius 2 is 2.12 bits per heavy atom. The zero-order chi connectivity index (χ0) is 12.6. The van der Waals surface area contributed by atoms with E-state index >= 15 is 0 Å². The second-order valence-electron chi connectivity index (χ2n) is 5.86. The maximum absolute atomic E-state index is 4.53. The van der Waals surface area contributed by atoms with E-state index in [1.165, 1.54) is 6.42 Å². The normalized spacial score (nSPS) is 21.6. The minimum absolute atomic E-state index is 0.352. The van der Waals surface area contributed by atoms with Gasteiger partial charge in [0.25, 0.3) is 0 Å². The van der Waals surface area contributed by atoms with E-state index in [2.05, 4.69) is 58.9 Å². The first kappa shape index (κ1) is 12.8. The minimum Gasteiger partial charge on any atom is -0.370 e. The molecular formula is C13H20BrN3. The molecule has 1 unspecified atom stereocenters. The first-order chi connectivity index (χ1) is 7.88. The molecule has 94 valence electrons. The second kappa shape index (κ2) is 4.56. The van der Waals surface area contributed by atoms with Gasteiger partial charge in [0, 0.05) is 18.5 Å². The molecule has 1 atom stereocenters. The Balaban J connectivity index is 2.01. The summed E-state index contributed by atoms with van der Waals surface area (Å²) >= 11 is 3.44. The smallest absolute Gasteiger partial charge is 0.134 e. The summed E-state index contributed by atoms with van der Waals surface area (Å²) in [5, 5.41) is 3.42. The van der Waals surface area contributed by atoms with Crippen molar-refractivity contribution >= 4 is 21.7 Å². The molecule has 0 spiro atoms. The highest BCUT2D eigenvalue weighted by Gasteiger charge is 2.44. The van der Waals surface area contributed by atoms with Gasteiger partial charge < -0.3 is 5.32 Å². The van der Waals surface area contributed by atoms with Crippen molar-refractivity contribution in [3.63, 3.8) is 0 Å². The molecule has 1 N–H and O–H groups in total. The van der Waals surface area contributed by atoms with E-state index < -0.39 is 0 Å². The highest BCUT2D eigenvalue weighted by molar-refractivity contribution is 9.10. The molecule has 0 bridgehead atoms. The Bertz CT molecular complexity index is 415. The predicted molar refractivity (Wildman–Crippen MR) is 74.2 cm³/mol. The van der Waals surface area contributed by atoms with Crippen LogP contribution in [0.25, 0.3) is 0 Å². The summed E-state index contributed by atoms with van der Waals surface area (Å²) in [6, 6.07) is 1.95. The molecule has 0 amide bonds. The lowest BCUT2D eigenvalue weighted by atomic mass is 10.1. The van der Waals surface area contributed by atoms with Crippen LogP contribution >= 0.6 is 15.9 Å². The number of rotatable bonds is 4. The van der Waals surface area contributed by atoms with Gasteiger partial charge in [0.1, 0.15) is 16.2 Å². The number of hydrogen-bond acceptors (Lipinski definition) is 3. The molecule has 3 nitrogen and oxygen atoms in total. The summed E-state index contributed by atoms with van der Waals surface area (Å²) in [5.74, 6) is 2.94. The van der Waals surface area contributed by atoms with E-state index in [-0.39, 0.29) is 0 Å². The van der Waals surface area contributed by atoms with Crippen molar-refractivity contribution in [3.05, 3.63) is 16.5 Å². The summed E-state index contributed by atoms with van der Waals surface area (Å²) in [6.07, 6.45) is 1.31. The maximum Gasteiger partial charge on any atom is 0.134 e. The zero-order valence-electron chi connectivity index (χ0n) is 10.9. The van der Waals surface area contributed by atoms with E-state index in [1.54, 1.807) is 0 Å². The van der Waals surface area contributed by atoms with Gasteiger partial charge in [-0.1, -0.05) is 27.7 Å². The summed E-state index contributed by atoms with van der Waals surface area (Å²) < 4.78 is 0.855. The number of nitrogens with one attached hydrogen (secondary N) is 1. The molecule has 4 heteroatoms. The molecule has 1 fully saturated rings. The molecule has 0 aliphatic heterocycles. The van der Waals surface area contributed by atoms with E-state index in [0.717, 1.165) is 28.7 Å². The Morgan fingerprint density at radius 3 is 2.65 bits per heavy atom. The zero-order valence-corrected chi connectivity index (χ0v) is 12.5. The van der Waals surface area contributed by atoms with Gasteiger partial charge in [-0.05, 0) is 33.7 Å². The van der Waals surface area contributed by atoms with Crippen LogP contribution in [0.4, 0.5) is 5.82 Å². The fraction of sp³-hybridized carbons (Fsp3) is 0.692. The molecule has 0 saturated heterocycles. The Labute approximate surface area is 112 Å². The van der Waals surface area contributed by atoms with Gasteiger partial charge in [-0.15, -0.1) is 0 Å². The number of nitrogens with zero attached hydrogens (tertiary/aromatic N) is 2. The van der Waals surface area contributed by atoms with Crippen molar-refractivity contribution in [1.29, 1.82) is 0 Å². The number of aromatic nitrogens is 2. The van der Waals surface area contributed by atoms with Crippen LogP contribution in [0.1, 0.15) is 45.9 Å². The summed E-state index contributed by atoms with van der Waals surface area (Å²) in [5.41, 5.74) is 0.512. The minimum atomic E-state index is 0.352. The second-order valence-corrected chi connectivity index (χ2v) is 6.67. The Kier molecular flexibility index (Phi) is 3.43. The number of halogens is 1. The van der Waals surface area contributed by atoms with Gasteiger partial charge in [0.05, 0.1) is 0 Å². The molecule has 1 aromatic rings. The highest BCUT2D eigenvalue weighted by Crippen LogP contribution is 2.51. The van der Waals surface area contributed by atoms with Crippen LogP contribution in [0.15, 0.2) is 10.7 Å². The van der Waals surface area contributed by atoms with E-state index in [9.17, 15) is 0 Å². The monoisotopic (exact) mass is 297 g/mol. The van der Waals surface area contributed by atoms with E-state index in [1.807, 2.05) is 6.07 Å². The average Bonchev–Trinajstić information content (AvgIpc) is 2.83. The number of anilines is 1. The van der Waals surface area contributed by atoms with Gasteiger partial charge in [0.15, 0.2) is 0 Å². The third kappa shape index (κ3) is 3.18. The van der Waals surface area contributed by atoms with Crippen LogP contribution in [0.5, 0.6) is 0 Å². The van der Waals surface area contributed by atoms with E-state index in [4.69, 9.17) is 0 Å². The fourth-order valence-corrected chi connectivity index (χ4v) is 2.33. The molecule has 1 aliphatic rings. The molecule has 1 saturated carbocycles. The van der Waals surface area contributed by atoms with Crippen molar-refractivity contribution < 1.29 is 0 Å². The average molecular weight is 298 g/mol. The molecule has 1 aliphatic carbocycles. The van der Waals surface area contributed by atoms with Crippen LogP contribution in [0.3, 0.4) is 0 Å². The maximum atomic E-state index is 4.53. The third-order valence-corrected chi connectivity index (χ3v) is 3.88. The summed E-state index contributed by atoms with van der Waals surface area (Å²) in [6.45, 7) is 9.85. The lowest BCUT2D eigenvalue weighted by Gasteiger charge is -2.10. The largest absolute Gasteiger partial charge is 0.370 e. The molecule has 0 radical (unpaired) electrons. The Morgan fingerprint density at radius 1 is 1.47 bits per heavy atom. The third-order valence-electron chi connectivity index (χ3n) is 3.48. The molecule has 0 aromatic carbocycles.